The molecular formula is C15H13NO4S. The zero-order valence-electron chi connectivity index (χ0n) is 11.4. The minimum absolute atomic E-state index is 0.198. The Morgan fingerprint density at radius 3 is 2.57 bits per heavy atom. The lowest BCUT2D eigenvalue weighted by Crippen LogP contribution is -2.27. The minimum atomic E-state index is -0.423. The van der Waals surface area contributed by atoms with Crippen LogP contribution in [-0.4, -0.2) is 35.7 Å². The number of rotatable bonds is 4. The van der Waals surface area contributed by atoms with Crippen molar-refractivity contribution in [3.63, 3.8) is 0 Å². The van der Waals surface area contributed by atoms with Gasteiger partial charge in [0.05, 0.1) is 17.6 Å². The van der Waals surface area contributed by atoms with Crippen LogP contribution < -0.4 is 0 Å². The molecular weight excluding hydrogens is 290 g/mol. The van der Waals surface area contributed by atoms with E-state index in [1.165, 1.54) is 13.2 Å². The Labute approximate surface area is 126 Å². The molecule has 2 rings (SSSR count). The van der Waals surface area contributed by atoms with Crippen LogP contribution >= 0.6 is 11.8 Å². The van der Waals surface area contributed by atoms with E-state index in [0.29, 0.717) is 10.5 Å². The second-order valence-corrected chi connectivity index (χ2v) is 5.19. The number of esters is 1. The largest absolute Gasteiger partial charge is 0.465 e. The summed E-state index contributed by atoms with van der Waals surface area (Å²) >= 11 is 0.891. The van der Waals surface area contributed by atoms with Crippen LogP contribution in [-0.2, 0) is 9.53 Å². The predicted octanol–water partition coefficient (Wildman–Crippen LogP) is 2.70. The van der Waals surface area contributed by atoms with Crippen LogP contribution in [0.1, 0.15) is 15.9 Å². The molecule has 1 heterocycles. The Bertz CT molecular complexity index is 634. The molecule has 0 bridgehead atoms. The number of imide groups is 1. The van der Waals surface area contributed by atoms with Crippen molar-refractivity contribution in [3.05, 3.63) is 53.0 Å². The first-order chi connectivity index (χ1) is 10.1. The summed E-state index contributed by atoms with van der Waals surface area (Å²) < 4.78 is 4.61. The third-order valence-electron chi connectivity index (χ3n) is 2.81. The Morgan fingerprint density at radius 1 is 1.33 bits per heavy atom. The van der Waals surface area contributed by atoms with Crippen LogP contribution in [0.25, 0.3) is 6.08 Å². The number of carbonyl (C=O) groups excluding carboxylic acids is 3. The molecule has 0 aromatic heterocycles. The average Bonchev–Trinajstić information content (AvgIpc) is 2.75. The lowest BCUT2D eigenvalue weighted by Gasteiger charge is -2.07. The summed E-state index contributed by atoms with van der Waals surface area (Å²) in [5.74, 6) is -0.755. The Morgan fingerprint density at radius 2 is 2.00 bits per heavy atom. The van der Waals surface area contributed by atoms with Gasteiger partial charge in [-0.1, -0.05) is 18.2 Å². The van der Waals surface area contributed by atoms with Crippen LogP contribution in [0.4, 0.5) is 4.79 Å². The minimum Gasteiger partial charge on any atom is -0.465 e. The smallest absolute Gasteiger partial charge is 0.337 e. The highest BCUT2D eigenvalue weighted by Gasteiger charge is 2.33. The van der Waals surface area contributed by atoms with Gasteiger partial charge >= 0.3 is 5.97 Å². The molecule has 21 heavy (non-hydrogen) atoms. The van der Waals surface area contributed by atoms with Crippen molar-refractivity contribution in [2.75, 3.05) is 13.7 Å². The molecule has 108 valence electrons. The number of nitrogens with zero attached hydrogens (tertiary/aromatic N) is 1. The number of carbonyl (C=O) groups is 3. The first kappa shape index (κ1) is 15.1. The molecule has 0 atom stereocenters. The lowest BCUT2D eigenvalue weighted by atomic mass is 10.1. The van der Waals surface area contributed by atoms with Crippen LogP contribution in [0.15, 0.2) is 41.8 Å². The Kier molecular flexibility index (Phi) is 4.59. The van der Waals surface area contributed by atoms with Gasteiger partial charge in [-0.15, -0.1) is 6.58 Å². The van der Waals surface area contributed by atoms with Gasteiger partial charge in [-0.2, -0.15) is 0 Å². The molecule has 0 spiro atoms. The third-order valence-corrected chi connectivity index (χ3v) is 3.72. The molecule has 0 unspecified atom stereocenters. The van der Waals surface area contributed by atoms with Crippen molar-refractivity contribution < 1.29 is 19.1 Å². The van der Waals surface area contributed by atoms with Crippen molar-refractivity contribution in [2.24, 2.45) is 0 Å². The van der Waals surface area contributed by atoms with E-state index in [-0.39, 0.29) is 17.7 Å². The van der Waals surface area contributed by atoms with Gasteiger partial charge in [0.1, 0.15) is 0 Å². The molecule has 1 aliphatic heterocycles. The maximum Gasteiger partial charge on any atom is 0.337 e. The van der Waals surface area contributed by atoms with Crippen molar-refractivity contribution in [2.45, 2.75) is 0 Å². The SMILES string of the molecule is C=CCN1C(=O)S/C(=C\c2ccc(C(=O)OC)cc2)C1=O. The standard InChI is InChI=1S/C15H13NO4S/c1-3-8-16-13(17)12(21-15(16)19)9-10-4-6-11(7-5-10)14(18)20-2/h3-7,9H,1,8H2,2H3/b12-9-. The van der Waals surface area contributed by atoms with Gasteiger partial charge in [0.2, 0.25) is 0 Å². The topological polar surface area (TPSA) is 63.7 Å². The Balaban J connectivity index is 2.20. The van der Waals surface area contributed by atoms with Gasteiger partial charge in [-0.3, -0.25) is 14.5 Å². The summed E-state index contributed by atoms with van der Waals surface area (Å²) in [4.78, 5) is 36.5. The summed E-state index contributed by atoms with van der Waals surface area (Å²) in [5, 5.41) is -0.308. The van der Waals surface area contributed by atoms with Gasteiger partial charge in [0.25, 0.3) is 11.1 Å². The van der Waals surface area contributed by atoms with Gasteiger partial charge in [-0.05, 0) is 35.5 Å². The molecule has 1 fully saturated rings. The predicted molar refractivity (Wildman–Crippen MR) is 80.7 cm³/mol. The maximum atomic E-state index is 12.0. The second kappa shape index (κ2) is 6.41. The summed E-state index contributed by atoms with van der Waals surface area (Å²) in [6.45, 7) is 3.72. The zero-order chi connectivity index (χ0) is 15.4. The summed E-state index contributed by atoms with van der Waals surface area (Å²) in [7, 11) is 1.31. The van der Waals surface area contributed by atoms with Crippen molar-refractivity contribution in [1.29, 1.82) is 0 Å². The number of hydrogen-bond donors (Lipinski definition) is 0. The fourth-order valence-electron chi connectivity index (χ4n) is 1.77. The number of amides is 2. The number of hydrogen-bond acceptors (Lipinski definition) is 5. The van der Waals surface area contributed by atoms with E-state index in [1.807, 2.05) is 0 Å². The molecule has 5 nitrogen and oxygen atoms in total. The fourth-order valence-corrected chi connectivity index (χ4v) is 2.62. The van der Waals surface area contributed by atoms with E-state index in [9.17, 15) is 14.4 Å². The molecule has 1 aliphatic rings. The number of ether oxygens (including phenoxy) is 1. The lowest BCUT2D eigenvalue weighted by molar-refractivity contribution is -0.122. The van der Waals surface area contributed by atoms with E-state index in [4.69, 9.17) is 0 Å². The van der Waals surface area contributed by atoms with Crippen LogP contribution in [0.2, 0.25) is 0 Å². The normalized spacial score (nSPS) is 16.4. The van der Waals surface area contributed by atoms with E-state index in [0.717, 1.165) is 22.2 Å². The quantitative estimate of drug-likeness (QED) is 0.486. The van der Waals surface area contributed by atoms with Gasteiger partial charge in [0, 0.05) is 6.54 Å². The summed E-state index contributed by atoms with van der Waals surface area (Å²) in [5.41, 5.74) is 1.15. The van der Waals surface area contributed by atoms with Gasteiger partial charge < -0.3 is 4.74 Å². The Hall–Kier alpha value is -2.34. The molecule has 1 aromatic rings. The third kappa shape index (κ3) is 3.22. The van der Waals surface area contributed by atoms with Gasteiger partial charge in [-0.25, -0.2) is 4.79 Å². The van der Waals surface area contributed by atoms with Gasteiger partial charge in [0.15, 0.2) is 0 Å². The van der Waals surface area contributed by atoms with Crippen LogP contribution in [0.5, 0.6) is 0 Å². The first-order valence-electron chi connectivity index (χ1n) is 6.11. The summed E-state index contributed by atoms with van der Waals surface area (Å²) in [6, 6.07) is 6.58. The monoisotopic (exact) mass is 303 g/mol. The van der Waals surface area contributed by atoms with E-state index >= 15 is 0 Å². The molecule has 2 amide bonds. The molecule has 0 aliphatic carbocycles. The number of thioether (sulfide) groups is 1. The van der Waals surface area contributed by atoms with Crippen molar-refractivity contribution in [1.82, 2.24) is 4.90 Å². The molecule has 0 saturated carbocycles. The maximum absolute atomic E-state index is 12.0. The first-order valence-corrected chi connectivity index (χ1v) is 6.93. The number of methoxy groups -OCH3 is 1. The van der Waals surface area contributed by atoms with Crippen LogP contribution in [0, 0.1) is 0 Å². The molecule has 6 heteroatoms. The van der Waals surface area contributed by atoms with Crippen molar-refractivity contribution >= 4 is 35.0 Å². The van der Waals surface area contributed by atoms with Crippen molar-refractivity contribution in [3.8, 4) is 0 Å². The highest BCUT2D eigenvalue weighted by molar-refractivity contribution is 8.18. The highest BCUT2D eigenvalue weighted by Crippen LogP contribution is 2.32. The number of benzene rings is 1. The van der Waals surface area contributed by atoms with E-state index in [2.05, 4.69) is 11.3 Å². The second-order valence-electron chi connectivity index (χ2n) is 4.19. The summed E-state index contributed by atoms with van der Waals surface area (Å²) in [6.07, 6.45) is 3.12. The van der Waals surface area contributed by atoms with E-state index in [1.54, 1.807) is 30.3 Å². The molecule has 1 saturated heterocycles. The molecule has 0 radical (unpaired) electrons. The average molecular weight is 303 g/mol. The van der Waals surface area contributed by atoms with E-state index < -0.39 is 5.97 Å². The fraction of sp³-hybridized carbons (Fsp3) is 0.133. The zero-order valence-corrected chi connectivity index (χ0v) is 12.2. The highest BCUT2D eigenvalue weighted by atomic mass is 32.2. The van der Waals surface area contributed by atoms with Crippen LogP contribution in [0.3, 0.4) is 0 Å². The molecule has 0 N–H and O–H groups in total. The molecule has 1 aromatic carbocycles.